The van der Waals surface area contributed by atoms with Gasteiger partial charge >= 0.3 is 5.97 Å². The maximum absolute atomic E-state index is 12.9. The van der Waals surface area contributed by atoms with Gasteiger partial charge in [0.1, 0.15) is 11.9 Å². The van der Waals surface area contributed by atoms with E-state index in [0.717, 1.165) is 16.9 Å². The standard InChI is InChI=1S/C15H15FN2O3S/c1-3-13(10-4-6-11(16)7-5-10)21-14(20)12-8-22-15(18-12)17-9(2)19/h4-8,13H,3H2,1-2H3,(H,17,18,19)/t13-/m0/s1. The number of carbonyl (C=O) groups excluding carboxylic acids is 2. The maximum atomic E-state index is 12.9. The Hall–Kier alpha value is -2.28. The molecule has 0 radical (unpaired) electrons. The number of thiazole rings is 1. The Bertz CT molecular complexity index is 670. The molecule has 5 nitrogen and oxygen atoms in total. The molecule has 0 aliphatic carbocycles. The molecule has 0 unspecified atom stereocenters. The Morgan fingerprint density at radius 2 is 2.05 bits per heavy atom. The summed E-state index contributed by atoms with van der Waals surface area (Å²) in [7, 11) is 0. The Kier molecular flexibility index (Phi) is 5.21. The minimum atomic E-state index is -0.580. The van der Waals surface area contributed by atoms with Gasteiger partial charge < -0.3 is 10.1 Å². The van der Waals surface area contributed by atoms with Crippen molar-refractivity contribution in [3.63, 3.8) is 0 Å². The second kappa shape index (κ2) is 7.13. The molecule has 0 spiro atoms. The highest BCUT2D eigenvalue weighted by Gasteiger charge is 2.19. The molecule has 1 amide bonds. The van der Waals surface area contributed by atoms with Crippen molar-refractivity contribution in [3.05, 3.63) is 46.7 Å². The van der Waals surface area contributed by atoms with Crippen LogP contribution in [0, 0.1) is 5.82 Å². The van der Waals surface area contributed by atoms with Crippen molar-refractivity contribution < 1.29 is 18.7 Å². The van der Waals surface area contributed by atoms with Crippen LogP contribution in [-0.4, -0.2) is 16.9 Å². The molecule has 1 atom stereocenters. The van der Waals surface area contributed by atoms with E-state index in [9.17, 15) is 14.0 Å². The monoisotopic (exact) mass is 322 g/mol. The number of rotatable bonds is 5. The van der Waals surface area contributed by atoms with E-state index in [1.807, 2.05) is 6.92 Å². The van der Waals surface area contributed by atoms with Crippen LogP contribution in [0.1, 0.15) is 42.4 Å². The number of nitrogens with one attached hydrogen (secondary N) is 1. The summed E-state index contributed by atoms with van der Waals surface area (Å²) in [6.45, 7) is 3.23. The lowest BCUT2D eigenvalue weighted by Crippen LogP contribution is -2.12. The Labute approximate surface area is 131 Å². The van der Waals surface area contributed by atoms with Crippen molar-refractivity contribution in [3.8, 4) is 0 Å². The van der Waals surface area contributed by atoms with Gasteiger partial charge in [-0.05, 0) is 24.1 Å². The molecule has 1 heterocycles. The second-order valence-electron chi connectivity index (χ2n) is 4.57. The van der Waals surface area contributed by atoms with E-state index in [2.05, 4.69) is 10.3 Å². The van der Waals surface area contributed by atoms with Crippen molar-refractivity contribution in [2.24, 2.45) is 0 Å². The van der Waals surface area contributed by atoms with Crippen molar-refractivity contribution in [2.75, 3.05) is 5.32 Å². The number of aromatic nitrogens is 1. The lowest BCUT2D eigenvalue weighted by Gasteiger charge is -2.15. The van der Waals surface area contributed by atoms with E-state index in [0.29, 0.717) is 11.6 Å². The summed E-state index contributed by atoms with van der Waals surface area (Å²) < 4.78 is 18.3. The van der Waals surface area contributed by atoms with Gasteiger partial charge in [-0.3, -0.25) is 4.79 Å². The first kappa shape index (κ1) is 16.1. The number of esters is 1. The number of hydrogen-bond acceptors (Lipinski definition) is 5. The molecule has 0 fully saturated rings. The summed E-state index contributed by atoms with van der Waals surface area (Å²) >= 11 is 1.15. The van der Waals surface area contributed by atoms with Gasteiger partial charge in [0.15, 0.2) is 10.8 Å². The summed E-state index contributed by atoms with van der Waals surface area (Å²) in [6, 6.07) is 5.81. The van der Waals surface area contributed by atoms with Crippen LogP contribution in [0.2, 0.25) is 0 Å². The van der Waals surface area contributed by atoms with Crippen LogP contribution >= 0.6 is 11.3 Å². The molecule has 116 valence electrons. The number of anilines is 1. The van der Waals surface area contributed by atoms with E-state index in [1.54, 1.807) is 12.1 Å². The SMILES string of the molecule is CC[C@H](OC(=O)c1csc(NC(C)=O)n1)c1ccc(F)cc1. The lowest BCUT2D eigenvalue weighted by molar-refractivity contribution is -0.114. The van der Waals surface area contributed by atoms with Gasteiger partial charge in [-0.2, -0.15) is 0 Å². The topological polar surface area (TPSA) is 68.3 Å². The lowest BCUT2D eigenvalue weighted by atomic mass is 10.1. The molecular formula is C15H15FN2O3S. The largest absolute Gasteiger partial charge is 0.453 e. The summed E-state index contributed by atoms with van der Waals surface area (Å²) in [6.07, 6.45) is 0.0825. The molecule has 22 heavy (non-hydrogen) atoms. The van der Waals surface area contributed by atoms with Crippen LogP contribution in [0.3, 0.4) is 0 Å². The van der Waals surface area contributed by atoms with Gasteiger partial charge in [-0.1, -0.05) is 19.1 Å². The van der Waals surface area contributed by atoms with Crippen LogP contribution < -0.4 is 5.32 Å². The van der Waals surface area contributed by atoms with Crippen LogP contribution in [0.25, 0.3) is 0 Å². The molecule has 2 rings (SSSR count). The van der Waals surface area contributed by atoms with E-state index in [1.165, 1.54) is 24.4 Å². The third-order valence-electron chi connectivity index (χ3n) is 2.86. The highest BCUT2D eigenvalue weighted by Crippen LogP contribution is 2.24. The van der Waals surface area contributed by atoms with Crippen molar-refractivity contribution in [1.29, 1.82) is 0 Å². The first-order valence-corrected chi connectivity index (χ1v) is 7.57. The minimum Gasteiger partial charge on any atom is -0.453 e. The Morgan fingerprint density at radius 3 is 2.64 bits per heavy atom. The number of benzene rings is 1. The van der Waals surface area contributed by atoms with Gasteiger partial charge in [-0.15, -0.1) is 11.3 Å². The number of nitrogens with zero attached hydrogens (tertiary/aromatic N) is 1. The average Bonchev–Trinajstić information content (AvgIpc) is 2.93. The quantitative estimate of drug-likeness (QED) is 0.855. The molecule has 0 saturated heterocycles. The predicted octanol–water partition coefficient (Wildman–Crippen LogP) is 3.55. The van der Waals surface area contributed by atoms with Crippen molar-refractivity contribution in [2.45, 2.75) is 26.4 Å². The third-order valence-corrected chi connectivity index (χ3v) is 3.62. The van der Waals surface area contributed by atoms with E-state index >= 15 is 0 Å². The van der Waals surface area contributed by atoms with E-state index in [-0.39, 0.29) is 17.4 Å². The number of amides is 1. The minimum absolute atomic E-state index is 0.134. The Balaban J connectivity index is 2.07. The molecule has 0 bridgehead atoms. The zero-order chi connectivity index (χ0) is 16.1. The second-order valence-corrected chi connectivity index (χ2v) is 5.43. The number of ether oxygens (including phenoxy) is 1. The molecule has 1 N–H and O–H groups in total. The van der Waals surface area contributed by atoms with Crippen LogP contribution in [0.15, 0.2) is 29.6 Å². The highest BCUT2D eigenvalue weighted by molar-refractivity contribution is 7.14. The predicted molar refractivity (Wildman–Crippen MR) is 81.3 cm³/mol. The van der Waals surface area contributed by atoms with Gasteiger partial charge in [0.25, 0.3) is 0 Å². The van der Waals surface area contributed by atoms with Gasteiger partial charge in [-0.25, -0.2) is 14.2 Å². The molecule has 1 aromatic carbocycles. The van der Waals surface area contributed by atoms with Crippen LogP contribution in [0.5, 0.6) is 0 Å². The van der Waals surface area contributed by atoms with Crippen LogP contribution in [0.4, 0.5) is 9.52 Å². The van der Waals surface area contributed by atoms with Gasteiger partial charge in [0.05, 0.1) is 0 Å². The molecule has 7 heteroatoms. The number of halogens is 1. The Morgan fingerprint density at radius 1 is 1.36 bits per heavy atom. The zero-order valence-corrected chi connectivity index (χ0v) is 12.9. The third kappa shape index (κ3) is 4.11. The maximum Gasteiger partial charge on any atom is 0.358 e. The normalized spacial score (nSPS) is 11.8. The molecular weight excluding hydrogens is 307 g/mol. The van der Waals surface area contributed by atoms with Gasteiger partial charge in [0.2, 0.25) is 5.91 Å². The summed E-state index contributed by atoms with van der Waals surface area (Å²) in [5.74, 6) is -1.18. The number of hydrogen-bond donors (Lipinski definition) is 1. The fourth-order valence-electron chi connectivity index (χ4n) is 1.83. The van der Waals surface area contributed by atoms with E-state index < -0.39 is 12.1 Å². The number of carbonyl (C=O) groups is 2. The molecule has 0 saturated carbocycles. The van der Waals surface area contributed by atoms with Crippen molar-refractivity contribution >= 4 is 28.3 Å². The molecule has 0 aliphatic rings. The highest BCUT2D eigenvalue weighted by atomic mass is 32.1. The zero-order valence-electron chi connectivity index (χ0n) is 12.1. The molecule has 0 aliphatic heterocycles. The first-order valence-electron chi connectivity index (χ1n) is 6.69. The van der Waals surface area contributed by atoms with Crippen molar-refractivity contribution in [1.82, 2.24) is 4.98 Å². The van der Waals surface area contributed by atoms with Gasteiger partial charge in [0, 0.05) is 12.3 Å². The first-order chi connectivity index (χ1) is 10.5. The summed E-state index contributed by atoms with van der Waals surface area (Å²) in [4.78, 5) is 27.0. The fourth-order valence-corrected chi connectivity index (χ4v) is 2.56. The summed E-state index contributed by atoms with van der Waals surface area (Å²) in [5, 5.41) is 4.37. The van der Waals surface area contributed by atoms with E-state index in [4.69, 9.17) is 4.74 Å². The smallest absolute Gasteiger partial charge is 0.358 e. The molecule has 1 aromatic heterocycles. The summed E-state index contributed by atoms with van der Waals surface area (Å²) in [5.41, 5.74) is 0.851. The molecule has 2 aromatic rings. The average molecular weight is 322 g/mol. The fraction of sp³-hybridized carbons (Fsp3) is 0.267. The van der Waals surface area contributed by atoms with Crippen LogP contribution in [-0.2, 0) is 9.53 Å².